The zero-order chi connectivity index (χ0) is 22.2. The average molecular weight is 439 g/mol. The largest absolute Gasteiger partial charge is 0.488 e. The molecule has 2 amide bonds. The standard InChI is InChI=1S/C23H22N2O5S/c1-29-21(26)13-18(20-10-5-11-31-20)25-23(28)16-7-4-6-15(12-16)14-30-19-9-3-2-8-17(19)22(24)27/h2-12,18H,13-14H2,1H3,(H2,24,27)(H,25,28). The minimum atomic E-state index is -0.575. The van der Waals surface area contributed by atoms with Crippen LogP contribution in [0.1, 0.15) is 43.6 Å². The number of methoxy groups -OCH3 is 1. The molecule has 7 nitrogen and oxygen atoms in total. The molecule has 0 saturated heterocycles. The molecule has 3 aromatic rings. The van der Waals surface area contributed by atoms with Gasteiger partial charge < -0.3 is 20.5 Å². The zero-order valence-electron chi connectivity index (χ0n) is 16.9. The van der Waals surface area contributed by atoms with E-state index in [0.717, 1.165) is 10.4 Å². The molecule has 8 heteroatoms. The second-order valence-corrected chi connectivity index (χ2v) is 7.65. The van der Waals surface area contributed by atoms with Gasteiger partial charge >= 0.3 is 5.97 Å². The summed E-state index contributed by atoms with van der Waals surface area (Å²) in [6, 6.07) is 16.9. The molecule has 2 aromatic carbocycles. The molecule has 0 saturated carbocycles. The number of thiophene rings is 1. The van der Waals surface area contributed by atoms with Crippen molar-refractivity contribution in [1.82, 2.24) is 5.32 Å². The third-order valence-electron chi connectivity index (χ3n) is 4.53. The van der Waals surface area contributed by atoms with Crippen molar-refractivity contribution in [3.63, 3.8) is 0 Å². The molecule has 1 heterocycles. The van der Waals surface area contributed by atoms with Crippen LogP contribution in [0.2, 0.25) is 0 Å². The quantitative estimate of drug-likeness (QED) is 0.498. The van der Waals surface area contributed by atoms with E-state index in [2.05, 4.69) is 5.32 Å². The number of ether oxygens (including phenoxy) is 2. The highest BCUT2D eigenvalue weighted by Gasteiger charge is 2.21. The highest BCUT2D eigenvalue weighted by Crippen LogP contribution is 2.23. The van der Waals surface area contributed by atoms with Crippen molar-refractivity contribution < 1.29 is 23.9 Å². The molecule has 0 aliphatic rings. The van der Waals surface area contributed by atoms with Crippen molar-refractivity contribution in [3.05, 3.63) is 87.6 Å². The maximum atomic E-state index is 12.8. The van der Waals surface area contributed by atoms with Crippen LogP contribution in [0.25, 0.3) is 0 Å². The molecule has 0 bridgehead atoms. The van der Waals surface area contributed by atoms with Gasteiger partial charge in [-0.3, -0.25) is 14.4 Å². The fourth-order valence-electron chi connectivity index (χ4n) is 2.96. The van der Waals surface area contributed by atoms with Crippen LogP contribution in [-0.4, -0.2) is 24.9 Å². The highest BCUT2D eigenvalue weighted by molar-refractivity contribution is 7.10. The van der Waals surface area contributed by atoms with Gasteiger partial charge in [-0.25, -0.2) is 0 Å². The Morgan fingerprint density at radius 1 is 1.06 bits per heavy atom. The number of nitrogens with one attached hydrogen (secondary N) is 1. The summed E-state index contributed by atoms with van der Waals surface area (Å²) in [5.74, 6) is -0.926. The van der Waals surface area contributed by atoms with Crippen molar-refractivity contribution in [2.45, 2.75) is 19.1 Å². The van der Waals surface area contributed by atoms with Crippen LogP contribution in [0, 0.1) is 0 Å². The third kappa shape index (κ3) is 5.93. The first-order valence-corrected chi connectivity index (χ1v) is 10.4. The molecule has 3 rings (SSSR count). The number of para-hydroxylation sites is 1. The first kappa shape index (κ1) is 22.0. The van der Waals surface area contributed by atoms with Crippen LogP contribution in [-0.2, 0) is 16.1 Å². The van der Waals surface area contributed by atoms with Gasteiger partial charge in [0.15, 0.2) is 0 Å². The third-order valence-corrected chi connectivity index (χ3v) is 5.51. The van der Waals surface area contributed by atoms with Crippen molar-refractivity contribution in [1.29, 1.82) is 0 Å². The van der Waals surface area contributed by atoms with Gasteiger partial charge in [0.1, 0.15) is 12.4 Å². The lowest BCUT2D eigenvalue weighted by molar-refractivity contribution is -0.141. The first-order valence-electron chi connectivity index (χ1n) is 9.49. The Morgan fingerprint density at radius 3 is 2.58 bits per heavy atom. The lowest BCUT2D eigenvalue weighted by Gasteiger charge is -2.17. The second-order valence-electron chi connectivity index (χ2n) is 6.67. The Bertz CT molecular complexity index is 1070. The van der Waals surface area contributed by atoms with Crippen LogP contribution < -0.4 is 15.8 Å². The van der Waals surface area contributed by atoms with Crippen LogP contribution in [0.4, 0.5) is 0 Å². The summed E-state index contributed by atoms with van der Waals surface area (Å²) < 4.78 is 10.5. The highest BCUT2D eigenvalue weighted by atomic mass is 32.1. The van der Waals surface area contributed by atoms with Gasteiger partial charge in [0.25, 0.3) is 11.8 Å². The number of hydrogen-bond acceptors (Lipinski definition) is 6. The zero-order valence-corrected chi connectivity index (χ0v) is 17.7. The van der Waals surface area contributed by atoms with Crippen LogP contribution >= 0.6 is 11.3 Å². The summed E-state index contributed by atoms with van der Waals surface area (Å²) >= 11 is 1.45. The van der Waals surface area contributed by atoms with Crippen molar-refractivity contribution >= 4 is 29.1 Å². The number of benzene rings is 2. The minimum Gasteiger partial charge on any atom is -0.488 e. The van der Waals surface area contributed by atoms with Crippen molar-refractivity contribution in [2.75, 3.05) is 7.11 Å². The number of carbonyl (C=O) groups is 3. The molecule has 160 valence electrons. The minimum absolute atomic E-state index is 0.0372. The number of nitrogens with two attached hydrogens (primary N) is 1. The Labute approximate surface area is 183 Å². The van der Waals surface area contributed by atoms with E-state index in [9.17, 15) is 14.4 Å². The van der Waals surface area contributed by atoms with Gasteiger partial charge in [0.05, 0.1) is 25.1 Å². The summed E-state index contributed by atoms with van der Waals surface area (Å²) in [4.78, 5) is 37.0. The molecule has 1 unspecified atom stereocenters. The van der Waals surface area contributed by atoms with Crippen LogP contribution in [0.5, 0.6) is 5.75 Å². The van der Waals surface area contributed by atoms with E-state index >= 15 is 0 Å². The smallest absolute Gasteiger partial charge is 0.307 e. The Morgan fingerprint density at radius 2 is 1.87 bits per heavy atom. The Kier molecular flexibility index (Phi) is 7.40. The summed E-state index contributed by atoms with van der Waals surface area (Å²) in [5, 5.41) is 4.78. The van der Waals surface area contributed by atoms with E-state index in [4.69, 9.17) is 15.2 Å². The molecule has 0 spiro atoms. The predicted molar refractivity (Wildman–Crippen MR) is 117 cm³/mol. The SMILES string of the molecule is COC(=O)CC(NC(=O)c1cccc(COc2ccccc2C(N)=O)c1)c1cccs1. The number of carbonyl (C=O) groups excluding carboxylic acids is 3. The molecule has 3 N–H and O–H groups in total. The maximum absolute atomic E-state index is 12.8. The fourth-order valence-corrected chi connectivity index (χ4v) is 3.74. The average Bonchev–Trinajstić information content (AvgIpc) is 3.32. The number of hydrogen-bond donors (Lipinski definition) is 2. The van der Waals surface area contributed by atoms with E-state index in [-0.39, 0.29) is 24.5 Å². The maximum Gasteiger partial charge on any atom is 0.307 e. The predicted octanol–water partition coefficient (Wildman–Crippen LogP) is 3.46. The van der Waals surface area contributed by atoms with Crippen molar-refractivity contribution in [2.24, 2.45) is 5.73 Å². The number of esters is 1. The molecule has 0 aliphatic carbocycles. The van der Waals surface area contributed by atoms with E-state index in [1.807, 2.05) is 23.6 Å². The second kappa shape index (κ2) is 10.4. The Hall–Kier alpha value is -3.65. The molecular formula is C23H22N2O5S. The van der Waals surface area contributed by atoms with Gasteiger partial charge in [-0.05, 0) is 41.3 Å². The fraction of sp³-hybridized carbons (Fsp3) is 0.174. The first-order chi connectivity index (χ1) is 15.0. The summed E-state index contributed by atoms with van der Waals surface area (Å²) in [5.41, 5.74) is 6.83. The van der Waals surface area contributed by atoms with Gasteiger partial charge in [-0.1, -0.05) is 30.3 Å². The Balaban J connectivity index is 1.71. The monoisotopic (exact) mass is 438 g/mol. The van der Waals surface area contributed by atoms with Crippen molar-refractivity contribution in [3.8, 4) is 5.75 Å². The van der Waals surface area contributed by atoms with Gasteiger partial charge in [0.2, 0.25) is 0 Å². The molecule has 1 atom stereocenters. The van der Waals surface area contributed by atoms with E-state index in [1.54, 1.807) is 42.5 Å². The normalized spacial score (nSPS) is 11.4. The molecule has 1 aromatic heterocycles. The lowest BCUT2D eigenvalue weighted by Crippen LogP contribution is -2.30. The van der Waals surface area contributed by atoms with E-state index < -0.39 is 17.9 Å². The summed E-state index contributed by atoms with van der Waals surface area (Å²) in [6.07, 6.45) is 0.0372. The number of rotatable bonds is 9. The molecule has 0 radical (unpaired) electrons. The molecule has 0 fully saturated rings. The summed E-state index contributed by atoms with van der Waals surface area (Å²) in [7, 11) is 1.31. The van der Waals surface area contributed by atoms with Crippen LogP contribution in [0.15, 0.2) is 66.0 Å². The number of primary amides is 1. The molecule has 31 heavy (non-hydrogen) atoms. The van der Waals surface area contributed by atoms with E-state index in [0.29, 0.717) is 11.3 Å². The van der Waals surface area contributed by atoms with Gasteiger partial charge in [0, 0.05) is 10.4 Å². The lowest BCUT2D eigenvalue weighted by atomic mass is 10.1. The van der Waals surface area contributed by atoms with E-state index in [1.165, 1.54) is 18.4 Å². The van der Waals surface area contributed by atoms with Gasteiger partial charge in [-0.2, -0.15) is 0 Å². The molecular weight excluding hydrogens is 416 g/mol. The molecule has 0 aliphatic heterocycles. The number of amides is 2. The topological polar surface area (TPSA) is 108 Å². The summed E-state index contributed by atoms with van der Waals surface area (Å²) in [6.45, 7) is 0.155. The van der Waals surface area contributed by atoms with Gasteiger partial charge in [-0.15, -0.1) is 11.3 Å². The van der Waals surface area contributed by atoms with Crippen LogP contribution in [0.3, 0.4) is 0 Å².